The smallest absolute Gasteiger partial charge is 0.322 e. The van der Waals surface area contributed by atoms with Gasteiger partial charge in [0.25, 0.3) is 0 Å². The lowest BCUT2D eigenvalue weighted by Gasteiger charge is -2.62. The van der Waals surface area contributed by atoms with Crippen LogP contribution in [0.3, 0.4) is 0 Å². The minimum atomic E-state index is -0.631. The van der Waals surface area contributed by atoms with Crippen LogP contribution in [0, 0.1) is 40.4 Å². The average molecular weight is 492 g/mol. The second kappa shape index (κ2) is 10.4. The molecule has 0 amide bonds. The monoisotopic (exact) mass is 491 g/mol. The van der Waals surface area contributed by atoms with Crippen molar-refractivity contribution in [1.29, 1.82) is 0 Å². The predicted molar refractivity (Wildman–Crippen MR) is 136 cm³/mol. The average Bonchev–Trinajstić information content (AvgIpc) is 3.15. The van der Waals surface area contributed by atoms with Crippen molar-refractivity contribution in [3.05, 3.63) is 0 Å². The molecule has 2 unspecified atom stereocenters. The molecule has 4 saturated carbocycles. The summed E-state index contributed by atoms with van der Waals surface area (Å²) < 4.78 is 12.2. The summed E-state index contributed by atoms with van der Waals surface area (Å²) in [7, 11) is 0. The Bertz CT molecular complexity index is 783. The number of ether oxygens (including phenoxy) is 2. The van der Waals surface area contributed by atoms with Crippen molar-refractivity contribution in [3.63, 3.8) is 0 Å². The summed E-state index contributed by atoms with van der Waals surface area (Å²) in [5, 5.41) is 10.8. The van der Waals surface area contributed by atoms with Gasteiger partial charge in [-0.25, -0.2) is 0 Å². The Morgan fingerprint density at radius 2 is 1.74 bits per heavy atom. The summed E-state index contributed by atoms with van der Waals surface area (Å²) in [5.74, 6) is 2.49. The molecule has 10 atom stereocenters. The maximum absolute atomic E-state index is 12.5. The highest BCUT2D eigenvalue weighted by Crippen LogP contribution is 2.67. The number of ketones is 1. The molecule has 0 radical (unpaired) electrons. The van der Waals surface area contributed by atoms with Crippen LogP contribution in [-0.4, -0.2) is 59.9 Å². The second-order valence-electron chi connectivity index (χ2n) is 12.6. The number of nitrogens with zero attached hydrogens (tertiary/aromatic N) is 1. The summed E-state index contributed by atoms with van der Waals surface area (Å²) in [4.78, 5) is 27.0. The number of carbonyl (C=O) groups is 2. The molecule has 200 valence electrons. The minimum Gasteiger partial charge on any atom is -0.435 e. The van der Waals surface area contributed by atoms with Gasteiger partial charge < -0.3 is 14.6 Å². The van der Waals surface area contributed by atoms with E-state index in [2.05, 4.69) is 13.8 Å². The summed E-state index contributed by atoms with van der Waals surface area (Å²) in [6, 6.07) is 0. The first kappa shape index (κ1) is 27.1. The quantitative estimate of drug-likeness (QED) is 0.387. The molecule has 0 aromatic heterocycles. The summed E-state index contributed by atoms with van der Waals surface area (Å²) >= 11 is 0. The van der Waals surface area contributed by atoms with E-state index in [4.69, 9.17) is 9.47 Å². The fraction of sp³-hybridized carbons (Fsp3) is 0.931. The number of rotatable bonds is 8. The van der Waals surface area contributed by atoms with Crippen LogP contribution in [0.25, 0.3) is 0 Å². The van der Waals surface area contributed by atoms with Gasteiger partial charge in [-0.2, -0.15) is 0 Å². The molecule has 35 heavy (non-hydrogen) atoms. The molecule has 0 bridgehead atoms. The summed E-state index contributed by atoms with van der Waals surface area (Å²) in [6.45, 7) is 14.4. The van der Waals surface area contributed by atoms with E-state index in [0.717, 1.165) is 51.6 Å². The summed E-state index contributed by atoms with van der Waals surface area (Å²) in [5.41, 5.74) is 0.0886. The van der Waals surface area contributed by atoms with Crippen LogP contribution in [0.4, 0.5) is 0 Å². The van der Waals surface area contributed by atoms with Gasteiger partial charge in [0, 0.05) is 17.8 Å². The van der Waals surface area contributed by atoms with E-state index < -0.39 is 6.29 Å². The molecular weight excluding hydrogens is 442 g/mol. The van der Waals surface area contributed by atoms with E-state index in [1.807, 2.05) is 25.7 Å². The van der Waals surface area contributed by atoms with Gasteiger partial charge in [0.15, 0.2) is 6.29 Å². The number of Topliss-reactive ketones (excluding diaryl/α,β-unsaturated/α-hetero) is 1. The number of fused-ring (bicyclic) bond motifs is 5. The third-order valence-corrected chi connectivity index (χ3v) is 11.1. The Morgan fingerprint density at radius 3 is 2.40 bits per heavy atom. The SMILES string of the molecule is CCN(CC)CC(=O)OC(C)OC1C[C@@H](O)C[C@@H]2CC[C@H]3[C@@H]4CC[C@H](C(C)=O)[C@@]4(C)CC[C@@H]3[C@@]12C. The van der Waals surface area contributed by atoms with Crippen LogP contribution in [0.15, 0.2) is 0 Å². The Hall–Kier alpha value is -0.980. The maximum atomic E-state index is 12.5. The molecule has 0 aromatic rings. The largest absolute Gasteiger partial charge is 0.435 e. The van der Waals surface area contributed by atoms with E-state index in [-0.39, 0.29) is 41.5 Å². The van der Waals surface area contributed by atoms with E-state index in [9.17, 15) is 14.7 Å². The lowest BCUT2D eigenvalue weighted by molar-refractivity contribution is -0.246. The lowest BCUT2D eigenvalue weighted by atomic mass is 9.44. The number of hydrogen-bond donors (Lipinski definition) is 1. The Morgan fingerprint density at radius 1 is 1.03 bits per heavy atom. The van der Waals surface area contributed by atoms with Gasteiger partial charge in [-0.15, -0.1) is 0 Å². The number of aliphatic hydroxyl groups is 1. The van der Waals surface area contributed by atoms with Crippen LogP contribution in [-0.2, 0) is 19.1 Å². The molecule has 1 N–H and O–H groups in total. The van der Waals surface area contributed by atoms with Gasteiger partial charge in [-0.3, -0.25) is 14.5 Å². The van der Waals surface area contributed by atoms with E-state index in [0.29, 0.717) is 35.9 Å². The highest BCUT2D eigenvalue weighted by molar-refractivity contribution is 5.79. The Labute approximate surface area is 212 Å². The van der Waals surface area contributed by atoms with Crippen molar-refractivity contribution in [1.82, 2.24) is 4.90 Å². The predicted octanol–water partition coefficient (Wildman–Crippen LogP) is 4.82. The first-order chi connectivity index (χ1) is 16.5. The molecule has 4 fully saturated rings. The van der Waals surface area contributed by atoms with Gasteiger partial charge in [0.2, 0.25) is 0 Å². The van der Waals surface area contributed by atoms with Gasteiger partial charge in [0.05, 0.1) is 18.8 Å². The molecule has 6 nitrogen and oxygen atoms in total. The summed E-state index contributed by atoms with van der Waals surface area (Å²) in [6.07, 6.45) is 7.06. The molecule has 4 rings (SSSR count). The standard InChI is InChI=1S/C29H49NO5/c1-7-30(8-2)17-27(33)35-19(4)34-26-16-21(32)15-20-9-10-22-24-12-11-23(18(3)31)28(24,5)14-13-25(22)29(20,26)6/h19-26,32H,7-17H2,1-6H3/t19?,20-,21-,22-,23+,24-,25-,26?,28+,29-/m0/s1. The molecule has 4 aliphatic carbocycles. The van der Waals surface area contributed by atoms with E-state index in [1.165, 1.54) is 6.42 Å². The minimum absolute atomic E-state index is 0.0443. The zero-order valence-corrected chi connectivity index (χ0v) is 22.9. The van der Waals surface area contributed by atoms with Crippen LogP contribution in [0.5, 0.6) is 0 Å². The fourth-order valence-corrected chi connectivity index (χ4v) is 9.25. The maximum Gasteiger partial charge on any atom is 0.322 e. The Balaban J connectivity index is 1.51. The highest BCUT2D eigenvalue weighted by atomic mass is 16.7. The number of carbonyl (C=O) groups excluding carboxylic acids is 2. The molecule has 0 heterocycles. The van der Waals surface area contributed by atoms with Gasteiger partial charge in [0.1, 0.15) is 5.78 Å². The molecule has 0 saturated heterocycles. The van der Waals surface area contributed by atoms with Crippen molar-refractivity contribution in [2.24, 2.45) is 40.4 Å². The fourth-order valence-electron chi connectivity index (χ4n) is 9.25. The van der Waals surface area contributed by atoms with Crippen LogP contribution in [0.2, 0.25) is 0 Å². The third-order valence-electron chi connectivity index (χ3n) is 11.1. The molecule has 4 aliphatic rings. The van der Waals surface area contributed by atoms with Gasteiger partial charge >= 0.3 is 5.97 Å². The first-order valence-electron chi connectivity index (χ1n) is 14.3. The van der Waals surface area contributed by atoms with Crippen molar-refractivity contribution in [2.45, 2.75) is 111 Å². The highest BCUT2D eigenvalue weighted by Gasteiger charge is 2.63. The van der Waals surface area contributed by atoms with Crippen molar-refractivity contribution in [2.75, 3.05) is 19.6 Å². The number of likely N-dealkylation sites (N-methyl/N-ethyl adjacent to an activating group) is 1. The number of aliphatic hydroxyl groups excluding tert-OH is 1. The van der Waals surface area contributed by atoms with Crippen LogP contribution in [0.1, 0.15) is 92.9 Å². The number of hydrogen-bond acceptors (Lipinski definition) is 6. The zero-order valence-electron chi connectivity index (χ0n) is 22.9. The zero-order chi connectivity index (χ0) is 25.5. The number of esters is 1. The topological polar surface area (TPSA) is 76.1 Å². The third kappa shape index (κ3) is 4.84. The molecule has 0 aliphatic heterocycles. The lowest BCUT2D eigenvalue weighted by Crippen LogP contribution is -2.60. The molecule has 0 spiro atoms. The van der Waals surface area contributed by atoms with Crippen molar-refractivity contribution >= 4 is 11.8 Å². The van der Waals surface area contributed by atoms with Crippen molar-refractivity contribution < 1.29 is 24.2 Å². The normalized spacial score (nSPS) is 43.7. The van der Waals surface area contributed by atoms with Crippen molar-refractivity contribution in [3.8, 4) is 0 Å². The van der Waals surface area contributed by atoms with Gasteiger partial charge in [-0.1, -0.05) is 27.7 Å². The van der Waals surface area contributed by atoms with Crippen LogP contribution >= 0.6 is 0 Å². The van der Waals surface area contributed by atoms with E-state index >= 15 is 0 Å². The molecule has 6 heteroatoms. The Kier molecular flexibility index (Phi) is 8.05. The van der Waals surface area contributed by atoms with Crippen LogP contribution < -0.4 is 0 Å². The molecular formula is C29H49NO5. The second-order valence-corrected chi connectivity index (χ2v) is 12.6. The molecule has 0 aromatic carbocycles. The van der Waals surface area contributed by atoms with Gasteiger partial charge in [-0.05, 0) is 101 Å². The van der Waals surface area contributed by atoms with E-state index in [1.54, 1.807) is 6.92 Å². The first-order valence-corrected chi connectivity index (χ1v) is 14.3.